The van der Waals surface area contributed by atoms with Crippen molar-refractivity contribution in [2.45, 2.75) is 4.90 Å². The first-order valence-electron chi connectivity index (χ1n) is 5.55. The number of nitrogens with one attached hydrogen (secondary N) is 1. The van der Waals surface area contributed by atoms with Gasteiger partial charge >= 0.3 is 131 Å². The number of halogens is 2. The van der Waals surface area contributed by atoms with Gasteiger partial charge in [0, 0.05) is 0 Å². The van der Waals surface area contributed by atoms with Crippen LogP contribution < -0.4 is 9.46 Å². The predicted molar refractivity (Wildman–Crippen MR) is 84.3 cm³/mol. The molecule has 1 aromatic heterocycles. The molecule has 0 atom stereocenters. The molecular formula is C12H10BBrClNO3S. The molecule has 104 valence electrons. The fourth-order valence-electron chi connectivity index (χ4n) is 1.60. The molecule has 0 aliphatic carbocycles. The average Bonchev–Trinajstić information content (AvgIpc) is 2.41. The van der Waals surface area contributed by atoms with Gasteiger partial charge < -0.3 is 0 Å². The third-order valence-electron chi connectivity index (χ3n) is 2.53. The number of benzene rings is 1. The van der Waals surface area contributed by atoms with Gasteiger partial charge in [-0.25, -0.2) is 0 Å². The molecule has 1 N–H and O–H groups in total. The van der Waals surface area contributed by atoms with Gasteiger partial charge in [0.05, 0.1) is 0 Å². The SMILES string of the molecule is COc1bc(NS(=O)(=O)c2ccccc2Cl)ccc1Br. The topological polar surface area (TPSA) is 55.4 Å². The van der Waals surface area contributed by atoms with Crippen LogP contribution in [0.15, 0.2) is 45.8 Å². The van der Waals surface area contributed by atoms with Crippen molar-refractivity contribution in [1.29, 1.82) is 0 Å². The molecule has 0 fully saturated rings. The number of ether oxygens (including phenoxy) is 1. The number of hydrogen-bond donors (Lipinski definition) is 1. The molecule has 1 aromatic carbocycles. The van der Waals surface area contributed by atoms with E-state index in [1.807, 2.05) is 0 Å². The zero-order chi connectivity index (χ0) is 14.8. The van der Waals surface area contributed by atoms with Crippen LogP contribution in [0.3, 0.4) is 0 Å². The Morgan fingerprint density at radius 2 is 1.95 bits per heavy atom. The summed E-state index contributed by atoms with van der Waals surface area (Å²) in [5.41, 5.74) is 0.925. The second kappa shape index (κ2) is 6.16. The first kappa shape index (κ1) is 15.3. The second-order valence-corrected chi connectivity index (χ2v) is 6.80. The summed E-state index contributed by atoms with van der Waals surface area (Å²) < 4.78 is 32.8. The Bertz CT molecular complexity index is 739. The molecule has 0 radical (unpaired) electrons. The van der Waals surface area contributed by atoms with E-state index in [0.29, 0.717) is 11.2 Å². The summed E-state index contributed by atoms with van der Waals surface area (Å²) >= 11 is 9.21. The van der Waals surface area contributed by atoms with E-state index in [1.165, 1.54) is 19.2 Å². The van der Waals surface area contributed by atoms with Crippen molar-refractivity contribution in [1.82, 2.24) is 0 Å². The second-order valence-electron chi connectivity index (χ2n) is 3.89. The van der Waals surface area contributed by atoms with E-state index in [2.05, 4.69) is 20.7 Å². The molecule has 0 aliphatic rings. The molecule has 1 heterocycles. The van der Waals surface area contributed by atoms with Crippen molar-refractivity contribution < 1.29 is 13.2 Å². The van der Waals surface area contributed by atoms with Gasteiger partial charge in [-0.2, -0.15) is 0 Å². The van der Waals surface area contributed by atoms with E-state index in [1.54, 1.807) is 31.2 Å². The van der Waals surface area contributed by atoms with Gasteiger partial charge in [0.1, 0.15) is 0 Å². The molecule has 20 heavy (non-hydrogen) atoms. The van der Waals surface area contributed by atoms with Crippen LogP contribution in [0.4, 0.5) is 5.58 Å². The van der Waals surface area contributed by atoms with Crippen LogP contribution in [-0.2, 0) is 10.0 Å². The normalized spacial score (nSPS) is 10.9. The van der Waals surface area contributed by atoms with Crippen LogP contribution in [0.5, 0.6) is 5.64 Å². The van der Waals surface area contributed by atoms with Crippen molar-refractivity contribution in [2.24, 2.45) is 0 Å². The Kier molecular flexibility index (Phi) is 4.72. The van der Waals surface area contributed by atoms with Gasteiger partial charge in [-0.15, -0.1) is 0 Å². The maximum absolute atomic E-state index is 12.3. The van der Waals surface area contributed by atoms with Gasteiger partial charge in [-0.1, -0.05) is 0 Å². The Hall–Kier alpha value is -1.05. The summed E-state index contributed by atoms with van der Waals surface area (Å²) in [6.45, 7) is 1.58. The van der Waals surface area contributed by atoms with Crippen LogP contribution in [0.2, 0.25) is 5.02 Å². The monoisotopic (exact) mass is 373 g/mol. The Morgan fingerprint density at radius 1 is 1.25 bits per heavy atom. The molecule has 0 spiro atoms. The van der Waals surface area contributed by atoms with Gasteiger partial charge in [-0.3, -0.25) is 0 Å². The van der Waals surface area contributed by atoms with Gasteiger partial charge in [0.25, 0.3) is 0 Å². The molecule has 8 heteroatoms. The number of rotatable bonds is 4. The van der Waals surface area contributed by atoms with E-state index >= 15 is 0 Å². The molecule has 0 amide bonds. The van der Waals surface area contributed by atoms with E-state index in [-0.39, 0.29) is 9.92 Å². The van der Waals surface area contributed by atoms with Crippen molar-refractivity contribution >= 4 is 50.0 Å². The third kappa shape index (κ3) is 3.34. The molecule has 0 saturated heterocycles. The molecule has 0 saturated carbocycles. The minimum atomic E-state index is -3.73. The fourth-order valence-corrected chi connectivity index (χ4v) is 3.57. The Labute approximate surface area is 131 Å². The third-order valence-corrected chi connectivity index (χ3v) is 5.07. The Morgan fingerprint density at radius 3 is 2.60 bits per heavy atom. The van der Waals surface area contributed by atoms with Gasteiger partial charge in [0.15, 0.2) is 0 Å². The number of hydrogen-bond acceptors (Lipinski definition) is 3. The molecule has 2 aromatic rings. The van der Waals surface area contributed by atoms with E-state index in [4.69, 9.17) is 16.3 Å². The van der Waals surface area contributed by atoms with Crippen molar-refractivity contribution in [3.05, 3.63) is 45.9 Å². The molecule has 0 bridgehead atoms. The molecule has 4 nitrogen and oxygen atoms in total. The van der Waals surface area contributed by atoms with E-state index in [9.17, 15) is 8.42 Å². The van der Waals surface area contributed by atoms with Crippen molar-refractivity contribution in [3.63, 3.8) is 0 Å². The number of anilines is 1. The summed E-state index contributed by atoms with van der Waals surface area (Å²) in [7, 11) is -2.23. The van der Waals surface area contributed by atoms with Crippen LogP contribution in [0.1, 0.15) is 0 Å². The van der Waals surface area contributed by atoms with Crippen LogP contribution >= 0.6 is 27.5 Å². The van der Waals surface area contributed by atoms with E-state index in [0.717, 1.165) is 4.47 Å². The molecule has 2 rings (SSSR count). The first-order chi connectivity index (χ1) is 9.44. The summed E-state index contributed by atoms with van der Waals surface area (Å²) in [5, 5.41) is 0.170. The summed E-state index contributed by atoms with van der Waals surface area (Å²) in [4.78, 5) is 0.0311. The van der Waals surface area contributed by atoms with E-state index < -0.39 is 10.0 Å². The standard InChI is InChI=1S/C12H10BBrClNO3S/c1-19-12-8(14)6-7-11(13-12)16-20(17,18)10-5-3-2-4-9(10)15/h2-7,16H,1H3. The maximum atomic E-state index is 12.3. The molecule has 0 unspecified atom stereocenters. The summed E-state index contributed by atoms with van der Waals surface area (Å²) in [6, 6.07) is 9.58. The van der Waals surface area contributed by atoms with Crippen molar-refractivity contribution in [2.75, 3.05) is 11.8 Å². The molecule has 0 aliphatic heterocycles. The zero-order valence-electron chi connectivity index (χ0n) is 10.4. The Balaban J connectivity index is 2.36. The van der Waals surface area contributed by atoms with Crippen LogP contribution in [0.25, 0.3) is 0 Å². The van der Waals surface area contributed by atoms with Gasteiger partial charge in [0.2, 0.25) is 0 Å². The van der Waals surface area contributed by atoms with Crippen LogP contribution in [-0.4, -0.2) is 22.4 Å². The predicted octanol–water partition coefficient (Wildman–Crippen LogP) is 3.25. The zero-order valence-corrected chi connectivity index (χ0v) is 13.6. The molecular weight excluding hydrogens is 364 g/mol. The first-order valence-corrected chi connectivity index (χ1v) is 8.20. The summed E-state index contributed by atoms with van der Waals surface area (Å²) in [5.74, 6) is 0. The quantitative estimate of drug-likeness (QED) is 0.894. The average molecular weight is 374 g/mol. The summed E-state index contributed by atoms with van der Waals surface area (Å²) in [6.07, 6.45) is 0. The number of sulfonamides is 1. The van der Waals surface area contributed by atoms with Crippen molar-refractivity contribution in [3.8, 4) is 5.64 Å². The number of methoxy groups -OCH3 is 1. The van der Waals surface area contributed by atoms with Gasteiger partial charge in [-0.05, 0) is 0 Å². The minimum absolute atomic E-state index is 0.0311. The van der Waals surface area contributed by atoms with Crippen LogP contribution in [0, 0.1) is 0 Å². The fraction of sp³-hybridized carbons (Fsp3) is 0.0833.